The number of ether oxygens (including phenoxy) is 3. The Kier molecular flexibility index (Phi) is 7.78. The number of carbonyl (C=O) groups excluding carboxylic acids is 2. The van der Waals surface area contributed by atoms with E-state index >= 15 is 0 Å². The van der Waals surface area contributed by atoms with Crippen molar-refractivity contribution in [1.29, 1.82) is 0 Å². The molecule has 1 fully saturated rings. The fraction of sp³-hybridized carbons (Fsp3) is 0.600. The summed E-state index contributed by atoms with van der Waals surface area (Å²) in [6.45, 7) is 5.53. The van der Waals surface area contributed by atoms with Crippen molar-refractivity contribution in [2.45, 2.75) is 58.6 Å². The molecule has 1 aliphatic rings. The maximum Gasteiger partial charge on any atom is 0.338 e. The molecule has 1 aliphatic carbocycles. The Bertz CT molecular complexity index is 677. The monoisotopic (exact) mass is 397 g/mol. The highest BCUT2D eigenvalue weighted by molar-refractivity contribution is 6.32. The minimum Gasteiger partial charge on any atom is -0.493 e. The fourth-order valence-corrected chi connectivity index (χ4v) is 3.44. The van der Waals surface area contributed by atoms with E-state index < -0.39 is 5.97 Å². The number of halogens is 1. The van der Waals surface area contributed by atoms with Gasteiger partial charge in [0.2, 0.25) is 0 Å². The van der Waals surface area contributed by atoms with Gasteiger partial charge >= 0.3 is 5.97 Å². The zero-order chi connectivity index (χ0) is 20.0. The second-order valence-corrected chi connectivity index (χ2v) is 7.58. The number of methoxy groups -OCH3 is 1. The van der Waals surface area contributed by atoms with Gasteiger partial charge in [0.25, 0.3) is 5.91 Å². The van der Waals surface area contributed by atoms with Crippen LogP contribution in [0.25, 0.3) is 0 Å². The normalized spacial score (nSPS) is 19.5. The second kappa shape index (κ2) is 9.83. The van der Waals surface area contributed by atoms with Crippen LogP contribution < -0.4 is 14.8 Å². The fourth-order valence-electron chi connectivity index (χ4n) is 3.18. The molecule has 0 saturated heterocycles. The molecule has 2 rings (SSSR count). The Hall–Kier alpha value is -1.95. The lowest BCUT2D eigenvalue weighted by Crippen LogP contribution is -2.42. The highest BCUT2D eigenvalue weighted by Gasteiger charge is 2.23. The number of hydrogen-bond donors (Lipinski definition) is 1. The number of rotatable bonds is 7. The summed E-state index contributed by atoms with van der Waals surface area (Å²) in [7, 11) is 1.47. The lowest BCUT2D eigenvalue weighted by Gasteiger charge is -2.29. The molecule has 0 bridgehead atoms. The van der Waals surface area contributed by atoms with Gasteiger partial charge in [0.15, 0.2) is 18.1 Å². The van der Waals surface area contributed by atoms with Gasteiger partial charge in [-0.15, -0.1) is 0 Å². The summed E-state index contributed by atoms with van der Waals surface area (Å²) >= 11 is 6.22. The van der Waals surface area contributed by atoms with Gasteiger partial charge in [-0.25, -0.2) is 4.79 Å². The first-order valence-corrected chi connectivity index (χ1v) is 9.70. The summed E-state index contributed by atoms with van der Waals surface area (Å²) in [5.41, 5.74) is 0.201. The Morgan fingerprint density at radius 1 is 1.26 bits per heavy atom. The van der Waals surface area contributed by atoms with Crippen molar-refractivity contribution in [2.24, 2.45) is 5.92 Å². The molecular weight excluding hydrogens is 370 g/mol. The molecule has 27 heavy (non-hydrogen) atoms. The molecule has 2 atom stereocenters. The predicted molar refractivity (Wildman–Crippen MR) is 104 cm³/mol. The maximum atomic E-state index is 12.3. The maximum absolute atomic E-state index is 12.3. The van der Waals surface area contributed by atoms with Crippen LogP contribution in [0, 0.1) is 5.92 Å². The molecular formula is C20H28ClNO5. The Morgan fingerprint density at radius 2 is 1.96 bits per heavy atom. The lowest BCUT2D eigenvalue weighted by molar-refractivity contribution is -0.125. The number of hydrogen-bond acceptors (Lipinski definition) is 5. The molecule has 1 N–H and O–H groups in total. The first-order chi connectivity index (χ1) is 12.8. The minimum atomic E-state index is -0.641. The van der Waals surface area contributed by atoms with E-state index in [0.717, 1.165) is 19.3 Å². The van der Waals surface area contributed by atoms with Crippen molar-refractivity contribution >= 4 is 23.5 Å². The average Bonchev–Trinajstić information content (AvgIpc) is 2.62. The Labute approximate surface area is 165 Å². The third-order valence-corrected chi connectivity index (χ3v) is 4.89. The summed E-state index contributed by atoms with van der Waals surface area (Å²) in [5.74, 6) is 0.214. The van der Waals surface area contributed by atoms with Gasteiger partial charge in [0.05, 0.1) is 23.8 Å². The van der Waals surface area contributed by atoms with Crippen LogP contribution in [-0.2, 0) is 9.53 Å². The van der Waals surface area contributed by atoms with Crippen LogP contribution in [0.5, 0.6) is 11.5 Å². The summed E-state index contributed by atoms with van der Waals surface area (Å²) in [5, 5.41) is 3.20. The molecule has 0 unspecified atom stereocenters. The van der Waals surface area contributed by atoms with Crippen molar-refractivity contribution in [3.8, 4) is 11.5 Å². The first kappa shape index (κ1) is 21.4. The van der Waals surface area contributed by atoms with Gasteiger partial charge in [-0.1, -0.05) is 31.4 Å². The number of nitrogens with one attached hydrogen (secondary N) is 1. The molecule has 0 spiro atoms. The number of carbonyl (C=O) groups is 2. The Morgan fingerprint density at radius 3 is 2.59 bits per heavy atom. The molecule has 0 heterocycles. The zero-order valence-corrected chi connectivity index (χ0v) is 17.1. The lowest BCUT2D eigenvalue weighted by atomic mass is 9.86. The van der Waals surface area contributed by atoms with E-state index in [-0.39, 0.29) is 35.2 Å². The smallest absolute Gasteiger partial charge is 0.338 e. The van der Waals surface area contributed by atoms with Crippen LogP contribution in [0.15, 0.2) is 12.1 Å². The van der Waals surface area contributed by atoms with E-state index in [0.29, 0.717) is 17.4 Å². The summed E-state index contributed by atoms with van der Waals surface area (Å²) < 4.78 is 16.0. The van der Waals surface area contributed by atoms with Gasteiger partial charge < -0.3 is 19.5 Å². The van der Waals surface area contributed by atoms with Crippen LogP contribution in [0.2, 0.25) is 5.02 Å². The average molecular weight is 398 g/mol. The minimum absolute atomic E-state index is 0.0972. The topological polar surface area (TPSA) is 73.9 Å². The van der Waals surface area contributed by atoms with E-state index in [9.17, 15) is 9.59 Å². The highest BCUT2D eigenvalue weighted by atomic mass is 35.5. The molecule has 0 aliphatic heterocycles. The van der Waals surface area contributed by atoms with Gasteiger partial charge in [0.1, 0.15) is 0 Å². The SMILES string of the molecule is COc1cc(C(=O)OCC(=O)N[C@H]2CCCC[C@H]2C)cc(Cl)c1OC(C)C. The molecule has 7 heteroatoms. The van der Waals surface area contributed by atoms with Crippen molar-refractivity contribution < 1.29 is 23.8 Å². The van der Waals surface area contributed by atoms with Crippen molar-refractivity contribution in [3.63, 3.8) is 0 Å². The first-order valence-electron chi connectivity index (χ1n) is 9.32. The number of benzene rings is 1. The molecule has 0 aromatic heterocycles. The van der Waals surface area contributed by atoms with Crippen molar-refractivity contribution in [1.82, 2.24) is 5.32 Å². The van der Waals surface area contributed by atoms with Crippen LogP contribution >= 0.6 is 11.6 Å². The summed E-state index contributed by atoms with van der Waals surface area (Å²) in [6.07, 6.45) is 4.28. The molecule has 1 amide bonds. The van der Waals surface area contributed by atoms with Gasteiger partial charge in [-0.05, 0) is 44.7 Å². The molecule has 1 aromatic carbocycles. The van der Waals surface area contributed by atoms with Crippen molar-refractivity contribution in [2.75, 3.05) is 13.7 Å². The van der Waals surface area contributed by atoms with Gasteiger partial charge in [-0.3, -0.25) is 4.79 Å². The summed E-state index contributed by atoms with van der Waals surface area (Å²) in [4.78, 5) is 24.4. The largest absolute Gasteiger partial charge is 0.493 e. The zero-order valence-electron chi connectivity index (χ0n) is 16.3. The van der Waals surface area contributed by atoms with E-state index in [1.165, 1.54) is 25.7 Å². The quantitative estimate of drug-likeness (QED) is 0.704. The van der Waals surface area contributed by atoms with Gasteiger partial charge in [0, 0.05) is 6.04 Å². The van der Waals surface area contributed by atoms with Crippen LogP contribution in [-0.4, -0.2) is 37.7 Å². The van der Waals surface area contributed by atoms with E-state index in [4.69, 9.17) is 25.8 Å². The number of amides is 1. The molecule has 150 valence electrons. The van der Waals surface area contributed by atoms with E-state index in [2.05, 4.69) is 12.2 Å². The van der Waals surface area contributed by atoms with Crippen molar-refractivity contribution in [3.05, 3.63) is 22.7 Å². The van der Waals surface area contributed by atoms with Crippen LogP contribution in [0.4, 0.5) is 0 Å². The molecule has 1 saturated carbocycles. The van der Waals surface area contributed by atoms with E-state index in [1.54, 1.807) is 0 Å². The van der Waals surface area contributed by atoms with Gasteiger partial charge in [-0.2, -0.15) is 0 Å². The third kappa shape index (κ3) is 6.03. The summed E-state index contributed by atoms with van der Waals surface area (Å²) in [6, 6.07) is 3.09. The molecule has 0 radical (unpaired) electrons. The van der Waals surface area contributed by atoms with Crippen LogP contribution in [0.3, 0.4) is 0 Å². The highest BCUT2D eigenvalue weighted by Crippen LogP contribution is 2.37. The standard InChI is InChI=1S/C20H28ClNO5/c1-12(2)27-19-15(21)9-14(10-17(19)25-4)20(24)26-11-18(23)22-16-8-6-5-7-13(16)3/h9-10,12-13,16H,5-8,11H2,1-4H3,(H,22,23)/t13-,16+/m1/s1. The number of esters is 1. The van der Waals surface area contributed by atoms with Crippen LogP contribution in [0.1, 0.15) is 56.8 Å². The Balaban J connectivity index is 1.97. The molecule has 6 nitrogen and oxygen atoms in total. The molecule has 1 aromatic rings. The third-order valence-electron chi connectivity index (χ3n) is 4.61. The predicted octanol–water partition coefficient (Wildman–Crippen LogP) is 3.99. The van der Waals surface area contributed by atoms with E-state index in [1.807, 2.05) is 13.8 Å². The second-order valence-electron chi connectivity index (χ2n) is 7.17.